The first-order valence-electron chi connectivity index (χ1n) is 3.71. The number of anilines is 1. The molecule has 0 amide bonds. The van der Waals surface area contributed by atoms with Crippen molar-refractivity contribution in [1.29, 1.82) is 0 Å². The van der Waals surface area contributed by atoms with Crippen molar-refractivity contribution in [2.75, 3.05) is 12.1 Å². The summed E-state index contributed by atoms with van der Waals surface area (Å²) >= 11 is 0. The SMILES string of the molecule is Cc1ccc2c(n1)CNN2C. The second-order valence-electron chi connectivity index (χ2n) is 2.81. The third kappa shape index (κ3) is 0.973. The molecule has 0 spiro atoms. The van der Waals surface area contributed by atoms with E-state index in [1.54, 1.807) is 0 Å². The van der Waals surface area contributed by atoms with E-state index in [0.717, 1.165) is 17.9 Å². The van der Waals surface area contributed by atoms with Gasteiger partial charge in [-0.05, 0) is 19.1 Å². The maximum Gasteiger partial charge on any atom is 0.0810 e. The van der Waals surface area contributed by atoms with Gasteiger partial charge < -0.3 is 5.01 Å². The molecular weight excluding hydrogens is 138 g/mol. The summed E-state index contributed by atoms with van der Waals surface area (Å²) < 4.78 is 0. The number of nitrogens with one attached hydrogen (secondary N) is 1. The van der Waals surface area contributed by atoms with Crippen LogP contribution in [0.4, 0.5) is 5.69 Å². The van der Waals surface area contributed by atoms with Crippen molar-refractivity contribution in [3.63, 3.8) is 0 Å². The lowest BCUT2D eigenvalue weighted by molar-refractivity contribution is 0.727. The Morgan fingerprint density at radius 1 is 1.55 bits per heavy atom. The van der Waals surface area contributed by atoms with Gasteiger partial charge in [-0.15, -0.1) is 0 Å². The highest BCUT2D eigenvalue weighted by Crippen LogP contribution is 2.21. The fraction of sp³-hybridized carbons (Fsp3) is 0.375. The van der Waals surface area contributed by atoms with Crippen LogP contribution in [0.5, 0.6) is 0 Å². The Morgan fingerprint density at radius 2 is 2.36 bits per heavy atom. The Bertz CT molecular complexity index is 283. The summed E-state index contributed by atoms with van der Waals surface area (Å²) in [5.41, 5.74) is 6.60. The smallest absolute Gasteiger partial charge is 0.0810 e. The summed E-state index contributed by atoms with van der Waals surface area (Å²) in [6, 6.07) is 4.12. The van der Waals surface area contributed by atoms with Gasteiger partial charge in [0.15, 0.2) is 0 Å². The first kappa shape index (κ1) is 6.61. The number of hydrazine groups is 1. The van der Waals surface area contributed by atoms with E-state index in [2.05, 4.69) is 16.5 Å². The fourth-order valence-electron chi connectivity index (χ4n) is 1.32. The van der Waals surface area contributed by atoms with Crippen LogP contribution in [-0.4, -0.2) is 12.0 Å². The summed E-state index contributed by atoms with van der Waals surface area (Å²) in [6.45, 7) is 2.87. The van der Waals surface area contributed by atoms with Crippen molar-refractivity contribution in [2.45, 2.75) is 13.5 Å². The number of aromatic nitrogens is 1. The summed E-state index contributed by atoms with van der Waals surface area (Å²) in [6.07, 6.45) is 0. The van der Waals surface area contributed by atoms with Gasteiger partial charge in [0, 0.05) is 12.7 Å². The maximum atomic E-state index is 4.40. The van der Waals surface area contributed by atoms with Gasteiger partial charge in [-0.3, -0.25) is 4.98 Å². The predicted molar refractivity (Wildman–Crippen MR) is 44.2 cm³/mol. The van der Waals surface area contributed by atoms with Gasteiger partial charge in [-0.25, -0.2) is 5.43 Å². The van der Waals surface area contributed by atoms with Gasteiger partial charge in [0.1, 0.15) is 0 Å². The summed E-state index contributed by atoms with van der Waals surface area (Å²) in [5, 5.41) is 2.00. The van der Waals surface area contributed by atoms with Crippen molar-refractivity contribution in [3.8, 4) is 0 Å². The Kier molecular flexibility index (Phi) is 1.32. The molecule has 3 nitrogen and oxygen atoms in total. The van der Waals surface area contributed by atoms with Crippen LogP contribution >= 0.6 is 0 Å². The van der Waals surface area contributed by atoms with Crippen molar-refractivity contribution in [3.05, 3.63) is 23.5 Å². The van der Waals surface area contributed by atoms with Crippen LogP contribution in [0.15, 0.2) is 12.1 Å². The molecule has 1 aromatic rings. The largest absolute Gasteiger partial charge is 0.309 e. The van der Waals surface area contributed by atoms with Crippen LogP contribution in [0, 0.1) is 6.92 Å². The molecule has 0 saturated carbocycles. The van der Waals surface area contributed by atoms with Crippen molar-refractivity contribution < 1.29 is 0 Å². The highest BCUT2D eigenvalue weighted by atomic mass is 15.5. The summed E-state index contributed by atoms with van der Waals surface area (Å²) in [5.74, 6) is 0. The molecule has 0 radical (unpaired) electrons. The van der Waals surface area contributed by atoms with E-state index < -0.39 is 0 Å². The minimum atomic E-state index is 0.855. The molecule has 58 valence electrons. The zero-order valence-electron chi connectivity index (χ0n) is 6.76. The average molecular weight is 149 g/mol. The molecule has 11 heavy (non-hydrogen) atoms. The molecular formula is C8H11N3. The monoisotopic (exact) mass is 149 g/mol. The van der Waals surface area contributed by atoms with E-state index in [4.69, 9.17) is 0 Å². The molecule has 1 N–H and O–H groups in total. The Labute approximate surface area is 66.0 Å². The molecule has 1 aliphatic rings. The second-order valence-corrected chi connectivity index (χ2v) is 2.81. The maximum absolute atomic E-state index is 4.40. The third-order valence-corrected chi connectivity index (χ3v) is 1.93. The molecule has 0 saturated heterocycles. The lowest BCUT2D eigenvalue weighted by atomic mass is 10.3. The Hall–Kier alpha value is -1.09. The molecule has 2 rings (SSSR count). The van der Waals surface area contributed by atoms with Crippen molar-refractivity contribution >= 4 is 5.69 Å². The molecule has 0 bridgehead atoms. The van der Waals surface area contributed by atoms with Crippen LogP contribution in [-0.2, 0) is 6.54 Å². The molecule has 0 fully saturated rings. The Morgan fingerprint density at radius 3 is 3.18 bits per heavy atom. The van der Waals surface area contributed by atoms with Gasteiger partial charge in [0.25, 0.3) is 0 Å². The average Bonchev–Trinajstić information content (AvgIpc) is 2.32. The molecule has 3 heteroatoms. The summed E-state index contributed by atoms with van der Waals surface area (Å²) in [7, 11) is 2.00. The molecule has 0 atom stereocenters. The normalized spacial score (nSPS) is 15.3. The van der Waals surface area contributed by atoms with Crippen LogP contribution in [0.3, 0.4) is 0 Å². The third-order valence-electron chi connectivity index (χ3n) is 1.93. The highest BCUT2D eigenvalue weighted by molar-refractivity contribution is 5.52. The van der Waals surface area contributed by atoms with E-state index in [1.807, 2.05) is 25.0 Å². The zero-order chi connectivity index (χ0) is 7.84. The van der Waals surface area contributed by atoms with E-state index in [-0.39, 0.29) is 0 Å². The number of nitrogens with zero attached hydrogens (tertiary/aromatic N) is 2. The minimum Gasteiger partial charge on any atom is -0.309 e. The fourth-order valence-corrected chi connectivity index (χ4v) is 1.32. The molecule has 1 aliphatic heterocycles. The number of aryl methyl sites for hydroxylation is 1. The lowest BCUT2D eigenvalue weighted by Gasteiger charge is -2.10. The van der Waals surface area contributed by atoms with Crippen LogP contribution in [0.25, 0.3) is 0 Å². The molecule has 2 heterocycles. The van der Waals surface area contributed by atoms with Crippen LogP contribution < -0.4 is 10.4 Å². The molecule has 0 aromatic carbocycles. The quantitative estimate of drug-likeness (QED) is 0.592. The number of hydrogen-bond donors (Lipinski definition) is 1. The number of rotatable bonds is 0. The van der Waals surface area contributed by atoms with Crippen molar-refractivity contribution in [2.24, 2.45) is 0 Å². The minimum absolute atomic E-state index is 0.855. The van der Waals surface area contributed by atoms with E-state index in [9.17, 15) is 0 Å². The van der Waals surface area contributed by atoms with Crippen molar-refractivity contribution in [1.82, 2.24) is 10.4 Å². The van der Waals surface area contributed by atoms with Gasteiger partial charge in [-0.2, -0.15) is 0 Å². The van der Waals surface area contributed by atoms with E-state index >= 15 is 0 Å². The van der Waals surface area contributed by atoms with Crippen LogP contribution in [0.1, 0.15) is 11.4 Å². The van der Waals surface area contributed by atoms with Gasteiger partial charge in [-0.1, -0.05) is 0 Å². The lowest BCUT2D eigenvalue weighted by Crippen LogP contribution is -2.26. The van der Waals surface area contributed by atoms with Gasteiger partial charge in [0.2, 0.25) is 0 Å². The molecule has 0 aliphatic carbocycles. The topological polar surface area (TPSA) is 28.2 Å². The van der Waals surface area contributed by atoms with E-state index in [0.29, 0.717) is 0 Å². The predicted octanol–water partition coefficient (Wildman–Crippen LogP) is 0.844. The molecule has 0 unspecified atom stereocenters. The number of pyridine rings is 1. The van der Waals surface area contributed by atoms with Crippen LogP contribution in [0.2, 0.25) is 0 Å². The zero-order valence-corrected chi connectivity index (χ0v) is 6.76. The number of hydrogen-bond acceptors (Lipinski definition) is 3. The van der Waals surface area contributed by atoms with E-state index in [1.165, 1.54) is 5.69 Å². The first-order valence-corrected chi connectivity index (χ1v) is 3.71. The second kappa shape index (κ2) is 2.20. The standard InChI is InChI=1S/C8H11N3/c1-6-3-4-8-7(10-6)5-9-11(8)2/h3-4,9H,5H2,1-2H3. The first-order chi connectivity index (χ1) is 5.27. The Balaban J connectivity index is 2.50. The number of fused-ring (bicyclic) bond motifs is 1. The van der Waals surface area contributed by atoms with Gasteiger partial charge >= 0.3 is 0 Å². The summed E-state index contributed by atoms with van der Waals surface area (Å²) in [4.78, 5) is 4.40. The van der Waals surface area contributed by atoms with Gasteiger partial charge in [0.05, 0.1) is 17.9 Å². The highest BCUT2D eigenvalue weighted by Gasteiger charge is 2.15. The molecule has 1 aromatic heterocycles.